The zero-order valence-corrected chi connectivity index (χ0v) is 15.7. The van der Waals surface area contributed by atoms with Gasteiger partial charge in [0.25, 0.3) is 0 Å². The third-order valence-corrected chi connectivity index (χ3v) is 5.04. The van der Waals surface area contributed by atoms with Gasteiger partial charge in [0.15, 0.2) is 12.4 Å². The van der Waals surface area contributed by atoms with Crippen molar-refractivity contribution < 1.29 is 23.9 Å². The van der Waals surface area contributed by atoms with E-state index >= 15 is 0 Å². The molecule has 1 aliphatic carbocycles. The molecule has 6 heteroatoms. The number of anilines is 1. The molecule has 0 spiro atoms. The van der Waals surface area contributed by atoms with Crippen LogP contribution in [0.15, 0.2) is 36.4 Å². The summed E-state index contributed by atoms with van der Waals surface area (Å²) in [5.74, 6) is -1.76. The highest BCUT2D eigenvalue weighted by atomic mass is 16.5. The number of hydrogen-bond donors (Lipinski definition) is 0. The molecule has 1 aromatic rings. The van der Waals surface area contributed by atoms with Gasteiger partial charge in [-0.15, -0.1) is 0 Å². The summed E-state index contributed by atoms with van der Waals surface area (Å²) in [5, 5.41) is 0. The van der Waals surface area contributed by atoms with Crippen LogP contribution in [0.4, 0.5) is 5.69 Å². The van der Waals surface area contributed by atoms with Crippen LogP contribution >= 0.6 is 0 Å². The highest BCUT2D eigenvalue weighted by molar-refractivity contribution is 6.22. The summed E-state index contributed by atoms with van der Waals surface area (Å²) in [6, 6.07) is 6.12. The standard InChI is InChI=1S/C21H23NO5/c1-21(2,3)17(23)12-27-20(26)13-8-10-14(11-9-13)22-18(24)15-6-4-5-7-16(15)19(22)25/h4-5,8-11,15-16H,6-7,12H2,1-3H3/t15-,16-/m0/s1. The summed E-state index contributed by atoms with van der Waals surface area (Å²) in [7, 11) is 0. The average molecular weight is 369 g/mol. The van der Waals surface area contributed by atoms with E-state index in [2.05, 4.69) is 0 Å². The molecule has 2 atom stereocenters. The zero-order valence-electron chi connectivity index (χ0n) is 15.7. The molecular formula is C21H23NO5. The molecule has 0 radical (unpaired) electrons. The van der Waals surface area contributed by atoms with E-state index in [9.17, 15) is 19.2 Å². The van der Waals surface area contributed by atoms with E-state index in [1.54, 1.807) is 32.9 Å². The van der Waals surface area contributed by atoms with Crippen LogP contribution in [0.2, 0.25) is 0 Å². The van der Waals surface area contributed by atoms with Crippen molar-refractivity contribution in [2.75, 3.05) is 11.5 Å². The van der Waals surface area contributed by atoms with Gasteiger partial charge in [0.05, 0.1) is 23.1 Å². The van der Waals surface area contributed by atoms with Gasteiger partial charge in [-0.05, 0) is 37.1 Å². The molecule has 2 amide bonds. The van der Waals surface area contributed by atoms with Crippen LogP contribution in [0.25, 0.3) is 0 Å². The number of allylic oxidation sites excluding steroid dienone is 2. The Morgan fingerprint density at radius 2 is 1.52 bits per heavy atom. The number of Topliss-reactive ketones (excluding diaryl/α,β-unsaturated/α-hetero) is 1. The number of imide groups is 1. The lowest BCUT2D eigenvalue weighted by Gasteiger charge is -2.17. The number of hydrogen-bond acceptors (Lipinski definition) is 5. The molecule has 1 saturated heterocycles. The maximum atomic E-state index is 12.6. The Labute approximate surface area is 158 Å². The first-order valence-electron chi connectivity index (χ1n) is 9.03. The Kier molecular flexibility index (Phi) is 5.00. The summed E-state index contributed by atoms with van der Waals surface area (Å²) >= 11 is 0. The molecule has 0 saturated carbocycles. The van der Waals surface area contributed by atoms with Crippen LogP contribution in [0.1, 0.15) is 44.0 Å². The Hall–Kier alpha value is -2.76. The fourth-order valence-electron chi connectivity index (χ4n) is 3.23. The minimum atomic E-state index is -0.615. The predicted molar refractivity (Wildman–Crippen MR) is 99.0 cm³/mol. The van der Waals surface area contributed by atoms with Crippen molar-refractivity contribution in [3.8, 4) is 0 Å². The maximum absolute atomic E-state index is 12.6. The Morgan fingerprint density at radius 3 is 2.00 bits per heavy atom. The molecule has 1 aliphatic heterocycles. The highest BCUT2D eigenvalue weighted by Gasteiger charge is 2.47. The summed E-state index contributed by atoms with van der Waals surface area (Å²) in [4.78, 5) is 50.3. The molecule has 0 N–H and O–H groups in total. The Bertz CT molecular complexity index is 790. The second-order valence-corrected chi connectivity index (χ2v) is 7.96. The molecule has 3 rings (SSSR count). The quantitative estimate of drug-likeness (QED) is 0.463. The fraction of sp³-hybridized carbons (Fsp3) is 0.429. The van der Waals surface area contributed by atoms with Gasteiger partial charge in [0.1, 0.15) is 0 Å². The number of benzene rings is 1. The fourth-order valence-corrected chi connectivity index (χ4v) is 3.23. The van der Waals surface area contributed by atoms with Gasteiger partial charge in [0, 0.05) is 5.41 Å². The molecule has 1 aromatic carbocycles. The number of ketones is 1. The number of carbonyl (C=O) groups is 4. The SMILES string of the molecule is CC(C)(C)C(=O)COC(=O)c1ccc(N2C(=O)[C@H]3CC=CC[C@@H]3C2=O)cc1. The first kappa shape index (κ1) is 19.0. The van der Waals surface area contributed by atoms with Crippen LogP contribution < -0.4 is 4.90 Å². The number of rotatable bonds is 4. The van der Waals surface area contributed by atoms with E-state index in [4.69, 9.17) is 4.74 Å². The molecular weight excluding hydrogens is 346 g/mol. The lowest BCUT2D eigenvalue weighted by Crippen LogP contribution is -2.30. The normalized spacial score (nSPS) is 22.0. The largest absolute Gasteiger partial charge is 0.454 e. The molecule has 1 heterocycles. The molecule has 142 valence electrons. The van der Waals surface area contributed by atoms with Crippen molar-refractivity contribution in [2.45, 2.75) is 33.6 Å². The van der Waals surface area contributed by atoms with Crippen LogP contribution in [0.3, 0.4) is 0 Å². The van der Waals surface area contributed by atoms with Crippen molar-refractivity contribution in [1.29, 1.82) is 0 Å². The molecule has 6 nitrogen and oxygen atoms in total. The maximum Gasteiger partial charge on any atom is 0.338 e. The van der Waals surface area contributed by atoms with E-state index in [1.807, 2.05) is 12.2 Å². The average Bonchev–Trinajstić information content (AvgIpc) is 2.90. The summed E-state index contributed by atoms with van der Waals surface area (Å²) < 4.78 is 5.06. The zero-order chi connectivity index (χ0) is 19.8. The number of amides is 2. The first-order chi connectivity index (χ1) is 12.7. The van der Waals surface area contributed by atoms with E-state index in [-0.39, 0.29) is 41.6 Å². The van der Waals surface area contributed by atoms with E-state index in [1.165, 1.54) is 17.0 Å². The number of nitrogens with zero attached hydrogens (tertiary/aromatic N) is 1. The van der Waals surface area contributed by atoms with Crippen molar-refractivity contribution >= 4 is 29.3 Å². The van der Waals surface area contributed by atoms with E-state index in [0.717, 1.165) is 0 Å². The third-order valence-electron chi connectivity index (χ3n) is 5.04. The summed E-state index contributed by atoms with van der Waals surface area (Å²) in [6.45, 7) is 4.99. The van der Waals surface area contributed by atoms with Gasteiger partial charge < -0.3 is 4.74 Å². The lowest BCUT2D eigenvalue weighted by atomic mass is 9.85. The van der Waals surface area contributed by atoms with Gasteiger partial charge in [-0.25, -0.2) is 4.79 Å². The van der Waals surface area contributed by atoms with Crippen LogP contribution in [0.5, 0.6) is 0 Å². The smallest absolute Gasteiger partial charge is 0.338 e. The third kappa shape index (κ3) is 3.70. The van der Waals surface area contributed by atoms with Crippen molar-refractivity contribution in [1.82, 2.24) is 0 Å². The van der Waals surface area contributed by atoms with Gasteiger partial charge in [-0.3, -0.25) is 19.3 Å². The van der Waals surface area contributed by atoms with E-state index < -0.39 is 11.4 Å². The number of carbonyl (C=O) groups excluding carboxylic acids is 4. The number of fused-ring (bicyclic) bond motifs is 1. The van der Waals surface area contributed by atoms with E-state index in [0.29, 0.717) is 18.5 Å². The molecule has 0 aromatic heterocycles. The molecule has 1 fully saturated rings. The second kappa shape index (κ2) is 7.10. The monoisotopic (exact) mass is 369 g/mol. The van der Waals surface area contributed by atoms with Crippen LogP contribution in [-0.2, 0) is 19.1 Å². The first-order valence-corrected chi connectivity index (χ1v) is 9.03. The Morgan fingerprint density at radius 1 is 1.00 bits per heavy atom. The minimum absolute atomic E-state index is 0.169. The Balaban J connectivity index is 1.69. The highest BCUT2D eigenvalue weighted by Crippen LogP contribution is 2.37. The minimum Gasteiger partial charge on any atom is -0.454 e. The number of ether oxygens (including phenoxy) is 1. The summed E-state index contributed by atoms with van der Waals surface area (Å²) in [6.07, 6.45) is 5.04. The van der Waals surface area contributed by atoms with Gasteiger partial charge in [-0.2, -0.15) is 0 Å². The van der Waals surface area contributed by atoms with Crippen LogP contribution in [0, 0.1) is 17.3 Å². The van der Waals surface area contributed by atoms with Crippen molar-refractivity contribution in [2.24, 2.45) is 17.3 Å². The van der Waals surface area contributed by atoms with Crippen molar-refractivity contribution in [3.05, 3.63) is 42.0 Å². The second-order valence-electron chi connectivity index (χ2n) is 7.96. The molecule has 0 unspecified atom stereocenters. The molecule has 2 aliphatic rings. The van der Waals surface area contributed by atoms with Gasteiger partial charge >= 0.3 is 5.97 Å². The number of esters is 1. The van der Waals surface area contributed by atoms with Gasteiger partial charge in [0.2, 0.25) is 11.8 Å². The topological polar surface area (TPSA) is 80.8 Å². The molecule has 27 heavy (non-hydrogen) atoms. The van der Waals surface area contributed by atoms with Gasteiger partial charge in [-0.1, -0.05) is 32.9 Å². The van der Waals surface area contributed by atoms with Crippen LogP contribution in [-0.4, -0.2) is 30.2 Å². The predicted octanol–water partition coefficient (Wildman–Crippen LogP) is 2.91. The summed E-state index contributed by atoms with van der Waals surface area (Å²) in [5.41, 5.74) is 0.132. The van der Waals surface area contributed by atoms with Crippen molar-refractivity contribution in [3.63, 3.8) is 0 Å². The molecule has 0 bridgehead atoms. The lowest BCUT2D eigenvalue weighted by molar-refractivity contribution is -0.129.